The maximum Gasteiger partial charge on any atom is 0.341 e. The molecule has 162 valence electrons. The number of rotatable bonds is 7. The number of carboxylic acids is 1. The summed E-state index contributed by atoms with van der Waals surface area (Å²) < 4.78 is 10.7. The lowest BCUT2D eigenvalue weighted by atomic mass is 10.2. The van der Waals surface area contributed by atoms with Crippen molar-refractivity contribution in [2.45, 2.75) is 6.92 Å². The summed E-state index contributed by atoms with van der Waals surface area (Å²) in [7, 11) is 0. The molecule has 7 nitrogen and oxygen atoms in total. The van der Waals surface area contributed by atoms with E-state index in [0.29, 0.717) is 33.0 Å². The van der Waals surface area contributed by atoms with Crippen LogP contribution >= 0.6 is 46.6 Å². The highest BCUT2D eigenvalue weighted by atomic mass is 35.5. The molecule has 31 heavy (non-hydrogen) atoms. The number of benzene rings is 2. The van der Waals surface area contributed by atoms with Crippen LogP contribution in [0, 0.1) is 0 Å². The first-order valence-corrected chi connectivity index (χ1v) is 10.8. The zero-order valence-electron chi connectivity index (χ0n) is 15.9. The van der Waals surface area contributed by atoms with E-state index in [1.165, 1.54) is 0 Å². The molecule has 0 unspecified atom stereocenters. The van der Waals surface area contributed by atoms with Crippen molar-refractivity contribution >= 4 is 75.4 Å². The molecular weight excluding hydrogens is 487 g/mol. The topological polar surface area (TPSA) is 97.2 Å². The average Bonchev–Trinajstić information content (AvgIpc) is 3.03. The summed E-state index contributed by atoms with van der Waals surface area (Å²) >= 11 is 19.5. The van der Waals surface area contributed by atoms with Gasteiger partial charge in [0.2, 0.25) is 0 Å². The van der Waals surface area contributed by atoms with Crippen LogP contribution in [0.15, 0.2) is 40.2 Å². The predicted octanol–water partition coefficient (Wildman–Crippen LogP) is 5.40. The van der Waals surface area contributed by atoms with Crippen molar-refractivity contribution in [3.63, 3.8) is 0 Å². The van der Waals surface area contributed by atoms with Crippen molar-refractivity contribution in [3.8, 4) is 11.5 Å². The number of hydrogen-bond acceptors (Lipinski definition) is 6. The molecule has 0 aliphatic carbocycles. The van der Waals surface area contributed by atoms with Gasteiger partial charge in [0.1, 0.15) is 0 Å². The molecule has 0 spiro atoms. The largest absolute Gasteiger partial charge is 0.490 e. The Kier molecular flexibility index (Phi) is 7.72. The summed E-state index contributed by atoms with van der Waals surface area (Å²) in [4.78, 5) is 27.9. The summed E-state index contributed by atoms with van der Waals surface area (Å²) in [6, 6.07) is 8.18. The van der Waals surface area contributed by atoms with E-state index >= 15 is 0 Å². The Morgan fingerprint density at radius 2 is 2.00 bits per heavy atom. The van der Waals surface area contributed by atoms with Gasteiger partial charge in [0, 0.05) is 0 Å². The number of carbonyl (C=O) groups excluding carboxylic acids is 1. The molecule has 0 radical (unpaired) electrons. The number of nitrogens with zero attached hydrogens (tertiary/aromatic N) is 1. The molecule has 0 atom stereocenters. The standard InChI is InChI=1S/C20H15Cl3N2O5S/c1-2-29-14-7-10(6-12(22)18(14)30-9-16(26)27)8-15-19(28)25-20(31-15)24-13-5-3-4-11(21)17(13)23/h3-8H,2,9H2,1H3,(H,26,27)(H,24,25,28)/b15-8+. The van der Waals surface area contributed by atoms with Gasteiger partial charge in [-0.1, -0.05) is 40.9 Å². The monoisotopic (exact) mass is 500 g/mol. The first-order valence-electron chi connectivity index (χ1n) is 8.83. The minimum absolute atomic E-state index is 0.120. The molecule has 1 aliphatic heterocycles. The van der Waals surface area contributed by atoms with Gasteiger partial charge in [-0.05, 0) is 54.6 Å². The van der Waals surface area contributed by atoms with Crippen LogP contribution in [0.2, 0.25) is 15.1 Å². The number of amides is 1. The Bertz CT molecular complexity index is 1100. The Morgan fingerprint density at radius 3 is 2.71 bits per heavy atom. The van der Waals surface area contributed by atoms with E-state index < -0.39 is 12.6 Å². The number of aliphatic imine (C=N–C) groups is 1. The van der Waals surface area contributed by atoms with Gasteiger partial charge in [-0.25, -0.2) is 9.79 Å². The van der Waals surface area contributed by atoms with Crippen LogP contribution in [0.4, 0.5) is 5.69 Å². The van der Waals surface area contributed by atoms with Crippen LogP contribution in [0.1, 0.15) is 12.5 Å². The fourth-order valence-electron chi connectivity index (χ4n) is 2.53. The number of carbonyl (C=O) groups is 2. The smallest absolute Gasteiger partial charge is 0.341 e. The lowest BCUT2D eigenvalue weighted by Crippen LogP contribution is -2.19. The van der Waals surface area contributed by atoms with Crippen LogP contribution in [0.3, 0.4) is 0 Å². The molecule has 0 bridgehead atoms. The molecule has 0 aromatic heterocycles. The molecule has 1 saturated heterocycles. The molecule has 1 heterocycles. The Balaban J connectivity index is 1.88. The minimum Gasteiger partial charge on any atom is -0.490 e. The second kappa shape index (κ2) is 10.3. The van der Waals surface area contributed by atoms with E-state index in [1.54, 1.807) is 43.3 Å². The first kappa shape index (κ1) is 23.3. The highest BCUT2D eigenvalue weighted by Crippen LogP contribution is 2.39. The normalized spacial score (nSPS) is 15.9. The van der Waals surface area contributed by atoms with Crippen molar-refractivity contribution in [2.24, 2.45) is 4.99 Å². The molecule has 2 aromatic carbocycles. The quantitative estimate of drug-likeness (QED) is 0.493. The summed E-state index contributed by atoms with van der Waals surface area (Å²) in [5, 5.41) is 12.6. The summed E-state index contributed by atoms with van der Waals surface area (Å²) in [5.41, 5.74) is 0.996. The van der Waals surface area contributed by atoms with Gasteiger partial charge in [0.05, 0.1) is 32.3 Å². The van der Waals surface area contributed by atoms with Gasteiger partial charge in [-0.2, -0.15) is 0 Å². The highest BCUT2D eigenvalue weighted by molar-refractivity contribution is 8.18. The van der Waals surface area contributed by atoms with Gasteiger partial charge in [-0.15, -0.1) is 0 Å². The number of ether oxygens (including phenoxy) is 2. The van der Waals surface area contributed by atoms with E-state index in [9.17, 15) is 9.59 Å². The molecule has 1 aliphatic rings. The predicted molar refractivity (Wildman–Crippen MR) is 123 cm³/mol. The first-order chi connectivity index (χ1) is 14.8. The molecule has 3 rings (SSSR count). The maximum absolute atomic E-state index is 12.4. The SMILES string of the molecule is CCOc1cc(/C=C2/SC(=Nc3cccc(Cl)c3Cl)NC2=O)cc(Cl)c1OCC(=O)O. The van der Waals surface area contributed by atoms with Crippen LogP contribution in [-0.4, -0.2) is 35.4 Å². The maximum atomic E-state index is 12.4. The van der Waals surface area contributed by atoms with Gasteiger partial charge in [0.15, 0.2) is 23.3 Å². The summed E-state index contributed by atoms with van der Waals surface area (Å²) in [5.74, 6) is -1.10. The molecule has 1 fully saturated rings. The third-order valence-electron chi connectivity index (χ3n) is 3.77. The van der Waals surface area contributed by atoms with Gasteiger partial charge in [-0.3, -0.25) is 4.79 Å². The zero-order chi connectivity index (χ0) is 22.5. The molecule has 11 heteroatoms. The number of aliphatic carboxylic acids is 1. The van der Waals surface area contributed by atoms with Crippen molar-refractivity contribution in [1.82, 2.24) is 5.32 Å². The van der Waals surface area contributed by atoms with Gasteiger partial charge in [0.25, 0.3) is 5.91 Å². The van der Waals surface area contributed by atoms with Gasteiger partial charge >= 0.3 is 5.97 Å². The zero-order valence-corrected chi connectivity index (χ0v) is 19.0. The van der Waals surface area contributed by atoms with Crippen LogP contribution < -0.4 is 14.8 Å². The molecule has 1 amide bonds. The van der Waals surface area contributed by atoms with E-state index in [1.807, 2.05) is 0 Å². The summed E-state index contributed by atoms with van der Waals surface area (Å²) in [6.45, 7) is 1.51. The Hall–Kier alpha value is -2.39. The van der Waals surface area contributed by atoms with Crippen LogP contribution in [0.25, 0.3) is 6.08 Å². The Labute approximate surface area is 197 Å². The second-order valence-electron chi connectivity index (χ2n) is 6.00. The number of nitrogens with one attached hydrogen (secondary N) is 1. The number of carboxylic acid groups (broad SMARTS) is 1. The number of halogens is 3. The van der Waals surface area contributed by atoms with E-state index in [-0.39, 0.29) is 27.5 Å². The van der Waals surface area contributed by atoms with Crippen molar-refractivity contribution in [1.29, 1.82) is 0 Å². The molecule has 2 aromatic rings. The fourth-order valence-corrected chi connectivity index (χ4v) is 3.97. The number of amidine groups is 1. The number of thioether (sulfide) groups is 1. The van der Waals surface area contributed by atoms with Crippen molar-refractivity contribution in [2.75, 3.05) is 13.2 Å². The van der Waals surface area contributed by atoms with E-state index in [4.69, 9.17) is 49.4 Å². The fraction of sp³-hybridized carbons (Fsp3) is 0.150. The minimum atomic E-state index is -1.14. The lowest BCUT2D eigenvalue weighted by Gasteiger charge is -2.13. The van der Waals surface area contributed by atoms with Gasteiger partial charge < -0.3 is 19.9 Å². The van der Waals surface area contributed by atoms with E-state index in [0.717, 1.165) is 11.8 Å². The molecule has 0 saturated carbocycles. The number of hydrogen-bond donors (Lipinski definition) is 2. The second-order valence-corrected chi connectivity index (χ2v) is 8.22. The average molecular weight is 502 g/mol. The molecule has 2 N–H and O–H groups in total. The van der Waals surface area contributed by atoms with Crippen molar-refractivity contribution in [3.05, 3.63) is 55.9 Å². The third-order valence-corrected chi connectivity index (χ3v) is 5.77. The van der Waals surface area contributed by atoms with Crippen molar-refractivity contribution < 1.29 is 24.2 Å². The van der Waals surface area contributed by atoms with Crippen LogP contribution in [-0.2, 0) is 9.59 Å². The lowest BCUT2D eigenvalue weighted by molar-refractivity contribution is -0.139. The Morgan fingerprint density at radius 1 is 1.23 bits per heavy atom. The van der Waals surface area contributed by atoms with E-state index in [2.05, 4.69) is 10.3 Å². The van der Waals surface area contributed by atoms with Crippen LogP contribution in [0.5, 0.6) is 11.5 Å². The summed E-state index contributed by atoms with van der Waals surface area (Å²) in [6.07, 6.45) is 1.61. The molecular formula is C20H15Cl3N2O5S. The highest BCUT2D eigenvalue weighted by Gasteiger charge is 2.25. The third kappa shape index (κ3) is 5.86.